The van der Waals surface area contributed by atoms with Gasteiger partial charge in [0.2, 0.25) is 0 Å². The molecule has 0 aliphatic rings. The van der Waals surface area contributed by atoms with E-state index >= 15 is 0 Å². The molecule has 0 radical (unpaired) electrons. The first-order valence-electron chi connectivity index (χ1n) is 6.01. The molecule has 0 aliphatic heterocycles. The molecule has 3 N–H and O–H groups in total. The van der Waals surface area contributed by atoms with E-state index in [2.05, 4.69) is 54.0 Å². The third-order valence-electron chi connectivity index (χ3n) is 2.93. The summed E-state index contributed by atoms with van der Waals surface area (Å²) < 4.78 is 4.03. The molecule has 2 aromatic rings. The molecule has 0 fully saturated rings. The number of aromatic nitrogens is 2. The Labute approximate surface area is 111 Å². The monoisotopic (exact) mass is 262 g/mol. The van der Waals surface area contributed by atoms with E-state index in [0.717, 1.165) is 22.6 Å². The number of benzene rings is 1. The number of hydrogen-bond acceptors (Lipinski definition) is 5. The fraction of sp³-hybridized carbons (Fsp3) is 0.385. The first-order chi connectivity index (χ1) is 8.65. The number of nitrogens with zero attached hydrogens (tertiary/aromatic N) is 2. The minimum absolute atomic E-state index is 0.0291. The third kappa shape index (κ3) is 2.58. The summed E-state index contributed by atoms with van der Waals surface area (Å²) in [5.41, 5.74) is 7.53. The Kier molecular flexibility index (Phi) is 4.06. The van der Waals surface area contributed by atoms with Crippen LogP contribution in [0.15, 0.2) is 18.2 Å². The number of nitrogens with two attached hydrogens (primary N) is 1. The molecule has 1 heterocycles. The number of rotatable bonds is 4. The Balaban J connectivity index is 2.45. The van der Waals surface area contributed by atoms with Crippen molar-refractivity contribution in [3.8, 4) is 0 Å². The molecule has 0 saturated heterocycles. The first-order valence-corrected chi connectivity index (χ1v) is 6.78. The molecule has 0 saturated carbocycles. The van der Waals surface area contributed by atoms with Gasteiger partial charge < -0.3 is 0 Å². The minimum atomic E-state index is -0.0291. The summed E-state index contributed by atoms with van der Waals surface area (Å²) in [6, 6.07) is 6.43. The van der Waals surface area contributed by atoms with Crippen LogP contribution >= 0.6 is 11.5 Å². The Bertz CT molecular complexity index is 515. The fourth-order valence-electron chi connectivity index (χ4n) is 2.18. The molecule has 5 heteroatoms. The maximum Gasteiger partial charge on any atom is 0.0837 e. The average molecular weight is 262 g/mol. The first kappa shape index (κ1) is 13.1. The van der Waals surface area contributed by atoms with Gasteiger partial charge in [-0.2, -0.15) is 0 Å². The zero-order valence-corrected chi connectivity index (χ0v) is 11.7. The standard InChI is InChI=1S/C13H18N4S/c1-4-11-13(18-17-16-11)12(15-14)10-6-8(2)5-9(3)7-10/h5-7,12,15H,4,14H2,1-3H3. The predicted octanol–water partition coefficient (Wildman–Crippen LogP) is 2.27. The smallest absolute Gasteiger partial charge is 0.0837 e. The van der Waals surface area contributed by atoms with Gasteiger partial charge in [0.1, 0.15) is 0 Å². The van der Waals surface area contributed by atoms with Gasteiger partial charge in [-0.1, -0.05) is 40.7 Å². The maximum absolute atomic E-state index is 5.72. The lowest BCUT2D eigenvalue weighted by molar-refractivity contribution is 0.638. The van der Waals surface area contributed by atoms with E-state index in [4.69, 9.17) is 5.84 Å². The van der Waals surface area contributed by atoms with Crippen LogP contribution in [0.1, 0.15) is 40.2 Å². The van der Waals surface area contributed by atoms with Gasteiger partial charge in [-0.05, 0) is 37.4 Å². The van der Waals surface area contributed by atoms with Crippen molar-refractivity contribution >= 4 is 11.5 Å². The molecule has 1 unspecified atom stereocenters. The third-order valence-corrected chi connectivity index (χ3v) is 3.76. The van der Waals surface area contributed by atoms with E-state index in [-0.39, 0.29) is 6.04 Å². The molecular weight excluding hydrogens is 244 g/mol. The highest BCUT2D eigenvalue weighted by Gasteiger charge is 2.19. The number of hydrazine groups is 1. The Morgan fingerprint density at radius 3 is 2.50 bits per heavy atom. The summed E-state index contributed by atoms with van der Waals surface area (Å²) in [7, 11) is 0. The van der Waals surface area contributed by atoms with E-state index in [1.807, 2.05) is 0 Å². The van der Waals surface area contributed by atoms with Crippen molar-refractivity contribution in [1.82, 2.24) is 15.0 Å². The van der Waals surface area contributed by atoms with Gasteiger partial charge >= 0.3 is 0 Å². The van der Waals surface area contributed by atoms with Gasteiger partial charge in [0.05, 0.1) is 16.6 Å². The lowest BCUT2D eigenvalue weighted by Gasteiger charge is -2.16. The maximum atomic E-state index is 5.72. The van der Waals surface area contributed by atoms with Gasteiger partial charge in [-0.3, -0.25) is 5.84 Å². The van der Waals surface area contributed by atoms with Crippen molar-refractivity contribution in [2.75, 3.05) is 0 Å². The molecule has 2 rings (SSSR count). The zero-order valence-electron chi connectivity index (χ0n) is 10.9. The lowest BCUT2D eigenvalue weighted by Crippen LogP contribution is -2.29. The molecular formula is C13H18N4S. The van der Waals surface area contributed by atoms with Gasteiger partial charge in [0.15, 0.2) is 0 Å². The second-order valence-corrected chi connectivity index (χ2v) is 5.24. The lowest BCUT2D eigenvalue weighted by atomic mass is 9.99. The zero-order chi connectivity index (χ0) is 13.1. The minimum Gasteiger partial charge on any atom is -0.271 e. The van der Waals surface area contributed by atoms with E-state index < -0.39 is 0 Å². The quantitative estimate of drug-likeness (QED) is 0.655. The molecule has 0 amide bonds. The second kappa shape index (κ2) is 5.56. The van der Waals surface area contributed by atoms with E-state index in [9.17, 15) is 0 Å². The van der Waals surface area contributed by atoms with Crippen LogP contribution < -0.4 is 11.3 Å². The molecule has 96 valence electrons. The number of nitrogens with one attached hydrogen (secondary N) is 1. The second-order valence-electron chi connectivity index (χ2n) is 4.46. The van der Waals surface area contributed by atoms with Crippen molar-refractivity contribution in [3.63, 3.8) is 0 Å². The van der Waals surface area contributed by atoms with Crippen molar-refractivity contribution in [1.29, 1.82) is 0 Å². The highest BCUT2D eigenvalue weighted by Crippen LogP contribution is 2.28. The largest absolute Gasteiger partial charge is 0.271 e. The van der Waals surface area contributed by atoms with E-state index in [1.165, 1.54) is 22.7 Å². The van der Waals surface area contributed by atoms with Crippen molar-refractivity contribution in [3.05, 3.63) is 45.5 Å². The fourth-order valence-corrected chi connectivity index (χ4v) is 3.01. The molecule has 1 aromatic carbocycles. The Morgan fingerprint density at radius 2 is 1.94 bits per heavy atom. The molecule has 0 spiro atoms. The van der Waals surface area contributed by atoms with Gasteiger partial charge in [0, 0.05) is 0 Å². The van der Waals surface area contributed by atoms with Crippen LogP contribution in [0.2, 0.25) is 0 Å². The van der Waals surface area contributed by atoms with Crippen molar-refractivity contribution in [2.45, 2.75) is 33.2 Å². The van der Waals surface area contributed by atoms with Crippen LogP contribution in [-0.2, 0) is 6.42 Å². The Morgan fingerprint density at radius 1 is 1.28 bits per heavy atom. The molecule has 1 atom stereocenters. The number of hydrogen-bond donors (Lipinski definition) is 2. The van der Waals surface area contributed by atoms with Crippen molar-refractivity contribution in [2.24, 2.45) is 5.84 Å². The van der Waals surface area contributed by atoms with Crippen molar-refractivity contribution < 1.29 is 0 Å². The van der Waals surface area contributed by atoms with Crippen LogP contribution in [0.25, 0.3) is 0 Å². The highest BCUT2D eigenvalue weighted by atomic mass is 32.1. The normalized spacial score (nSPS) is 12.7. The molecule has 18 heavy (non-hydrogen) atoms. The molecule has 0 bridgehead atoms. The highest BCUT2D eigenvalue weighted by molar-refractivity contribution is 7.05. The SMILES string of the molecule is CCc1nnsc1C(NN)c1cc(C)cc(C)c1. The molecule has 1 aromatic heterocycles. The number of aryl methyl sites for hydroxylation is 3. The van der Waals surface area contributed by atoms with E-state index in [0.29, 0.717) is 0 Å². The van der Waals surface area contributed by atoms with Crippen LogP contribution in [0.5, 0.6) is 0 Å². The summed E-state index contributed by atoms with van der Waals surface area (Å²) >= 11 is 1.41. The van der Waals surface area contributed by atoms with Crippen LogP contribution in [0, 0.1) is 13.8 Å². The molecule has 0 aliphatic carbocycles. The van der Waals surface area contributed by atoms with Gasteiger partial charge in [0.25, 0.3) is 0 Å². The Hall–Kier alpha value is -1.30. The molecule has 4 nitrogen and oxygen atoms in total. The van der Waals surface area contributed by atoms with Crippen LogP contribution in [0.4, 0.5) is 0 Å². The summed E-state index contributed by atoms with van der Waals surface area (Å²) in [5, 5.41) is 4.15. The van der Waals surface area contributed by atoms with Gasteiger partial charge in [-0.15, -0.1) is 5.10 Å². The van der Waals surface area contributed by atoms with E-state index in [1.54, 1.807) is 0 Å². The predicted molar refractivity (Wildman–Crippen MR) is 74.4 cm³/mol. The van der Waals surface area contributed by atoms with Crippen LogP contribution in [0.3, 0.4) is 0 Å². The summed E-state index contributed by atoms with van der Waals surface area (Å²) in [5.74, 6) is 5.72. The summed E-state index contributed by atoms with van der Waals surface area (Å²) in [6.45, 7) is 6.26. The average Bonchev–Trinajstić information content (AvgIpc) is 2.77. The summed E-state index contributed by atoms with van der Waals surface area (Å²) in [4.78, 5) is 1.10. The topological polar surface area (TPSA) is 63.8 Å². The summed E-state index contributed by atoms with van der Waals surface area (Å²) in [6.07, 6.45) is 0.870. The van der Waals surface area contributed by atoms with Crippen LogP contribution in [-0.4, -0.2) is 9.59 Å². The van der Waals surface area contributed by atoms with Gasteiger partial charge in [-0.25, -0.2) is 5.43 Å².